The van der Waals surface area contributed by atoms with Crippen LogP contribution in [0.2, 0.25) is 78.6 Å². The van der Waals surface area contributed by atoms with Gasteiger partial charge in [-0.15, -0.1) is 0 Å². The average Bonchev–Trinajstić information content (AvgIpc) is 0.766. The van der Waals surface area contributed by atoms with E-state index < -0.39 is 152 Å². The second kappa shape index (κ2) is 26.3. The standard InChI is InChI=1S/C102H107BN4Si4/c1-100(2,3)70-58-83(66-34-30-38-75(54-66)108(10,11)12)98(84(59-70)67-35-31-39-76(55-67)109(13,14)15)106-93-64-73(104-89-46-26-22-42-79(89)80-43-23-27-47-90(80)104)50-52-87(93)103-88-53-51-74(105-91-48-28-24-44-81(91)82-45-25-29-49-92(82)105)65-94(88)107(96-63-72(102(7,8)9)62-95(106)97(96)103)99-85(68-36-32-40-77(56-68)110(16,17)18)60-71(101(4,5)6)61-86(99)69-37-33-41-78(57-69)111(19,20)21/h22-65H,1-21H3/i22D,23D,24D,25D,26D,27D,28D,29D,42D,43D,44D,45D,46D,47D,48D,49D. The lowest BCUT2D eigenvalue weighted by molar-refractivity contribution is 0.590. The molecule has 9 heteroatoms. The van der Waals surface area contributed by atoms with Crippen molar-refractivity contribution in [1.82, 2.24) is 9.13 Å². The first-order valence-corrected chi connectivity index (χ1v) is 53.0. The van der Waals surface area contributed by atoms with Crippen LogP contribution in [0.3, 0.4) is 0 Å². The lowest BCUT2D eigenvalue weighted by atomic mass is 9.33. The van der Waals surface area contributed by atoms with E-state index in [1.165, 1.54) is 20.7 Å². The molecule has 0 saturated heterocycles. The van der Waals surface area contributed by atoms with Gasteiger partial charge in [0.25, 0.3) is 6.71 Å². The highest BCUT2D eigenvalue weighted by Gasteiger charge is 2.47. The van der Waals surface area contributed by atoms with Crippen LogP contribution in [-0.4, -0.2) is 48.1 Å². The smallest absolute Gasteiger partial charge is 0.252 e. The molecule has 4 heterocycles. The Bertz CT molecular complexity index is 6580. The van der Waals surface area contributed by atoms with Crippen molar-refractivity contribution in [2.45, 2.75) is 157 Å². The summed E-state index contributed by atoms with van der Waals surface area (Å²) < 4.78 is 157. The van der Waals surface area contributed by atoms with E-state index in [0.717, 1.165) is 100 Å². The van der Waals surface area contributed by atoms with Crippen LogP contribution in [0, 0.1) is 0 Å². The van der Waals surface area contributed by atoms with Crippen LogP contribution in [0.25, 0.3) is 99.5 Å². The summed E-state index contributed by atoms with van der Waals surface area (Å²) in [6.45, 7) is 47.9. The van der Waals surface area contributed by atoms with Gasteiger partial charge in [0.15, 0.2) is 0 Å². The first-order valence-electron chi connectivity index (χ1n) is 47.0. The maximum absolute atomic E-state index is 10.0. The van der Waals surface area contributed by atoms with E-state index >= 15 is 0 Å². The fourth-order valence-corrected chi connectivity index (χ4v) is 21.4. The molecule has 0 bridgehead atoms. The molecule has 0 unspecified atom stereocenters. The van der Waals surface area contributed by atoms with Crippen molar-refractivity contribution >= 4 is 154 Å². The molecule has 4 nitrogen and oxygen atoms in total. The summed E-state index contributed by atoms with van der Waals surface area (Å²) in [7, 11) is -8.46. The zero-order valence-corrected chi connectivity index (χ0v) is 72.0. The fourth-order valence-electron chi connectivity index (χ4n) is 16.6. The van der Waals surface area contributed by atoms with Gasteiger partial charge in [-0.3, -0.25) is 0 Å². The molecule has 111 heavy (non-hydrogen) atoms. The SMILES string of the molecule is [2H]c1c([2H])c([2H])c2c(c1[2H])c1c([2H])c([2H])c([2H])c([2H])c1n2-c1ccc2c(c1)N(c1c(-c3cccc([Si](C)(C)C)c3)cc(C(C)(C)C)cc1-c1cccc([Si](C)(C)C)c1)c1cc(C(C)(C)C)cc3c1B2c1ccc(-n2c4c([2H])c([2H])c([2H])c([2H])c4c4c([2H])c([2H])c([2H])c([2H])c42)cc1N3c1c(-c2cccc([Si](C)(C)C)c2)cc(C(C)(C)C)cc1-c1cccc([Si](C)(C)C)c1. The summed E-state index contributed by atoms with van der Waals surface area (Å²) in [6.07, 6.45) is 0. The number of rotatable bonds is 12. The number of fused-ring (bicyclic) bond motifs is 10. The Balaban J connectivity index is 1.15. The molecule has 0 amide bonds. The van der Waals surface area contributed by atoms with Gasteiger partial charge in [0.2, 0.25) is 0 Å². The van der Waals surface area contributed by atoms with E-state index in [1.807, 2.05) is 24.3 Å². The third-order valence-corrected chi connectivity index (χ3v) is 31.2. The van der Waals surface area contributed by atoms with Crippen LogP contribution in [0.4, 0.5) is 34.1 Å². The van der Waals surface area contributed by atoms with Crippen molar-refractivity contribution in [2.75, 3.05) is 9.80 Å². The van der Waals surface area contributed by atoms with Gasteiger partial charge in [0, 0.05) is 77.9 Å². The molecule has 2 aliphatic heterocycles. The molecule has 0 fully saturated rings. The second-order valence-electron chi connectivity index (χ2n) is 38.0. The minimum absolute atomic E-state index is 0.0314. The summed E-state index contributed by atoms with van der Waals surface area (Å²) >= 11 is 0. The van der Waals surface area contributed by atoms with Crippen molar-refractivity contribution in [2.24, 2.45) is 0 Å². The van der Waals surface area contributed by atoms with Crippen molar-refractivity contribution < 1.29 is 21.9 Å². The monoisotopic (exact) mass is 1530 g/mol. The van der Waals surface area contributed by atoms with E-state index in [-0.39, 0.29) is 43.6 Å². The Kier molecular flexibility index (Phi) is 13.5. The predicted octanol–water partition coefficient (Wildman–Crippen LogP) is 24.7. The maximum atomic E-state index is 10.0. The molecule has 2 aliphatic rings. The Labute approximate surface area is 687 Å². The number of hydrogen-bond donors (Lipinski definition) is 0. The summed E-state index contributed by atoms with van der Waals surface area (Å²) in [5.41, 5.74) is 16.7. The summed E-state index contributed by atoms with van der Waals surface area (Å²) in [6, 6.07) is 54.5. The molecule has 0 spiro atoms. The fraction of sp³-hybridized carbons (Fsp3) is 0.235. The van der Waals surface area contributed by atoms with Crippen LogP contribution in [0.5, 0.6) is 0 Å². The topological polar surface area (TPSA) is 16.3 Å². The third kappa shape index (κ3) is 12.8. The van der Waals surface area contributed by atoms with E-state index in [9.17, 15) is 21.9 Å². The Hall–Kier alpha value is -10.0. The molecule has 0 radical (unpaired) electrons. The maximum Gasteiger partial charge on any atom is 0.252 e. The van der Waals surface area contributed by atoms with Gasteiger partial charge >= 0.3 is 0 Å². The minimum Gasteiger partial charge on any atom is -0.310 e. The number of benzene rings is 13. The molecule has 0 saturated carbocycles. The highest BCUT2D eigenvalue weighted by Crippen LogP contribution is 2.56. The van der Waals surface area contributed by atoms with Crippen LogP contribution in [0.1, 0.15) is 101 Å². The quantitative estimate of drug-likeness (QED) is 0.113. The average molecular weight is 1530 g/mol. The lowest BCUT2D eigenvalue weighted by Gasteiger charge is -2.47. The molecule has 554 valence electrons. The Morgan fingerprint density at radius 1 is 0.288 bits per heavy atom. The molecule has 15 aromatic rings. The Morgan fingerprint density at radius 3 is 0.811 bits per heavy atom. The van der Waals surface area contributed by atoms with E-state index in [0.29, 0.717) is 22.7 Å². The molecule has 2 aromatic heterocycles. The molecule has 17 rings (SSSR count). The van der Waals surface area contributed by atoms with Gasteiger partial charge in [0.05, 0.1) is 87.7 Å². The molecule has 13 aromatic carbocycles. The summed E-state index contributed by atoms with van der Waals surface area (Å²) in [4.78, 5) is 4.88. The number of hydrogen-bond acceptors (Lipinski definition) is 2. The second-order valence-corrected chi connectivity index (χ2v) is 58.3. The van der Waals surface area contributed by atoms with Gasteiger partial charge in [-0.2, -0.15) is 0 Å². The van der Waals surface area contributed by atoms with E-state index in [1.54, 1.807) is 9.13 Å². The molecule has 0 aliphatic carbocycles. The molecule has 0 atom stereocenters. The van der Waals surface area contributed by atoms with Gasteiger partial charge < -0.3 is 18.9 Å². The minimum atomic E-state index is -2.12. The van der Waals surface area contributed by atoms with E-state index in [4.69, 9.17) is 0 Å². The summed E-state index contributed by atoms with van der Waals surface area (Å²) in [5, 5.41) is 4.76. The van der Waals surface area contributed by atoms with Crippen molar-refractivity contribution in [3.05, 3.63) is 283 Å². The van der Waals surface area contributed by atoms with Crippen LogP contribution < -0.4 is 46.9 Å². The number of para-hydroxylation sites is 4. The highest BCUT2D eigenvalue weighted by atomic mass is 28.3. The van der Waals surface area contributed by atoms with Gasteiger partial charge in [-0.25, -0.2) is 0 Å². The zero-order chi connectivity index (χ0) is 92.1. The normalized spacial score (nSPS) is 15.6. The molecular formula is C102H107BN4Si4. The van der Waals surface area contributed by atoms with Crippen LogP contribution in [0.15, 0.2) is 267 Å². The van der Waals surface area contributed by atoms with Gasteiger partial charge in [-0.1, -0.05) is 343 Å². The molecule has 0 N–H and O–H groups in total. The molecular weight excluding hydrogens is 1400 g/mol. The van der Waals surface area contributed by atoms with Gasteiger partial charge in [-0.05, 0) is 156 Å². The predicted molar refractivity (Wildman–Crippen MR) is 499 cm³/mol. The number of nitrogens with zero attached hydrogens (tertiary/aromatic N) is 4. The van der Waals surface area contributed by atoms with Crippen molar-refractivity contribution in [3.8, 4) is 55.9 Å². The van der Waals surface area contributed by atoms with E-state index in [2.05, 4.69) is 296 Å². The number of aromatic nitrogens is 2. The third-order valence-electron chi connectivity index (χ3n) is 23.0. The van der Waals surface area contributed by atoms with Crippen molar-refractivity contribution in [3.63, 3.8) is 0 Å². The largest absolute Gasteiger partial charge is 0.310 e. The summed E-state index contributed by atoms with van der Waals surface area (Å²) in [5.74, 6) is 0. The Morgan fingerprint density at radius 2 is 0.550 bits per heavy atom. The first-order chi connectivity index (χ1) is 59.1. The lowest BCUT2D eigenvalue weighted by Crippen LogP contribution is -2.61. The van der Waals surface area contributed by atoms with Gasteiger partial charge in [0.1, 0.15) is 0 Å². The van der Waals surface area contributed by atoms with Crippen molar-refractivity contribution in [1.29, 1.82) is 0 Å². The zero-order valence-electron chi connectivity index (χ0n) is 84.0. The van der Waals surface area contributed by atoms with Crippen LogP contribution in [-0.2, 0) is 16.2 Å². The number of anilines is 6. The highest BCUT2D eigenvalue weighted by molar-refractivity contribution is 7.00. The first kappa shape index (κ1) is 57.1. The van der Waals surface area contributed by atoms with Crippen LogP contribution >= 0.6 is 0 Å².